The summed E-state index contributed by atoms with van der Waals surface area (Å²) in [5.74, 6) is 0.925. The van der Waals surface area contributed by atoms with E-state index >= 15 is 0 Å². The molecule has 0 fully saturated rings. The van der Waals surface area contributed by atoms with E-state index in [2.05, 4.69) is 46.5 Å². The number of hydrogen-bond acceptors (Lipinski definition) is 4. The molecule has 2 heterocycles. The second-order valence-corrected chi connectivity index (χ2v) is 6.56. The SMILES string of the molecule is CCCc1nc(CSc2ccnc3ccccc23)cs1. The summed E-state index contributed by atoms with van der Waals surface area (Å²) in [5, 5.41) is 4.66. The standard InChI is InChI=1S/C16H16N2S2/c1-2-5-16-18-12(11-20-16)10-19-15-8-9-17-14-7-4-3-6-13(14)15/h3-4,6-9,11H,2,5,10H2,1H3. The van der Waals surface area contributed by atoms with Crippen molar-refractivity contribution in [2.45, 2.75) is 30.4 Å². The number of thioether (sulfide) groups is 1. The normalized spacial score (nSPS) is 11.1. The molecule has 0 aliphatic rings. The van der Waals surface area contributed by atoms with Gasteiger partial charge in [-0.25, -0.2) is 4.98 Å². The van der Waals surface area contributed by atoms with E-state index in [0.29, 0.717) is 0 Å². The molecule has 3 aromatic rings. The van der Waals surface area contributed by atoms with Gasteiger partial charge in [0.25, 0.3) is 0 Å². The van der Waals surface area contributed by atoms with E-state index in [1.54, 1.807) is 11.3 Å². The van der Waals surface area contributed by atoms with Crippen LogP contribution in [0.3, 0.4) is 0 Å². The number of para-hydroxylation sites is 1. The van der Waals surface area contributed by atoms with Gasteiger partial charge >= 0.3 is 0 Å². The average Bonchev–Trinajstić information content (AvgIpc) is 2.93. The zero-order valence-electron chi connectivity index (χ0n) is 11.4. The molecule has 0 aliphatic heterocycles. The van der Waals surface area contributed by atoms with Crippen LogP contribution in [-0.2, 0) is 12.2 Å². The Kier molecular flexibility index (Phi) is 4.33. The Bertz CT molecular complexity index is 701. The summed E-state index contributed by atoms with van der Waals surface area (Å²) in [6.45, 7) is 2.19. The monoisotopic (exact) mass is 300 g/mol. The molecule has 102 valence electrons. The van der Waals surface area contributed by atoms with E-state index < -0.39 is 0 Å². The van der Waals surface area contributed by atoms with E-state index in [1.807, 2.05) is 24.0 Å². The zero-order chi connectivity index (χ0) is 13.8. The maximum Gasteiger partial charge on any atom is 0.0928 e. The summed E-state index contributed by atoms with van der Waals surface area (Å²) in [4.78, 5) is 10.4. The summed E-state index contributed by atoms with van der Waals surface area (Å²) < 4.78 is 0. The fourth-order valence-corrected chi connectivity index (χ4v) is 4.03. The van der Waals surface area contributed by atoms with E-state index in [-0.39, 0.29) is 0 Å². The van der Waals surface area contributed by atoms with E-state index in [1.165, 1.54) is 21.0 Å². The van der Waals surface area contributed by atoms with Crippen molar-refractivity contribution in [2.24, 2.45) is 0 Å². The molecule has 1 aromatic carbocycles. The van der Waals surface area contributed by atoms with Gasteiger partial charge in [-0.1, -0.05) is 25.1 Å². The first-order valence-electron chi connectivity index (χ1n) is 6.76. The molecule has 0 atom stereocenters. The Labute approximate surface area is 127 Å². The van der Waals surface area contributed by atoms with Gasteiger partial charge in [-0.3, -0.25) is 4.98 Å². The average molecular weight is 300 g/mol. The van der Waals surface area contributed by atoms with E-state index in [9.17, 15) is 0 Å². The van der Waals surface area contributed by atoms with Crippen LogP contribution in [0, 0.1) is 0 Å². The molecule has 0 amide bonds. The van der Waals surface area contributed by atoms with Crippen molar-refractivity contribution in [2.75, 3.05) is 0 Å². The molecule has 0 aliphatic carbocycles. The number of aryl methyl sites for hydroxylation is 1. The van der Waals surface area contributed by atoms with Gasteiger partial charge < -0.3 is 0 Å². The van der Waals surface area contributed by atoms with Crippen LogP contribution in [0.15, 0.2) is 46.8 Å². The third-order valence-electron chi connectivity index (χ3n) is 3.05. The van der Waals surface area contributed by atoms with Gasteiger partial charge in [-0.05, 0) is 25.0 Å². The highest BCUT2D eigenvalue weighted by molar-refractivity contribution is 7.98. The van der Waals surface area contributed by atoms with Gasteiger partial charge in [0.1, 0.15) is 0 Å². The molecule has 0 unspecified atom stereocenters. The highest BCUT2D eigenvalue weighted by Gasteiger charge is 2.05. The number of thiazole rings is 1. The van der Waals surface area contributed by atoms with Crippen LogP contribution >= 0.6 is 23.1 Å². The lowest BCUT2D eigenvalue weighted by atomic mass is 10.2. The highest BCUT2D eigenvalue weighted by Crippen LogP contribution is 2.29. The number of fused-ring (bicyclic) bond motifs is 1. The van der Waals surface area contributed by atoms with Gasteiger partial charge in [0.05, 0.1) is 16.2 Å². The molecule has 20 heavy (non-hydrogen) atoms. The smallest absolute Gasteiger partial charge is 0.0928 e. The van der Waals surface area contributed by atoms with Crippen molar-refractivity contribution in [1.29, 1.82) is 0 Å². The van der Waals surface area contributed by atoms with Crippen molar-refractivity contribution in [3.63, 3.8) is 0 Å². The lowest BCUT2D eigenvalue weighted by molar-refractivity contribution is 0.902. The maximum atomic E-state index is 4.68. The number of hydrogen-bond donors (Lipinski definition) is 0. The molecule has 0 saturated heterocycles. The lowest BCUT2D eigenvalue weighted by Gasteiger charge is -2.04. The molecular formula is C16H16N2S2. The molecule has 0 radical (unpaired) electrons. The van der Waals surface area contributed by atoms with Crippen LogP contribution in [0.25, 0.3) is 10.9 Å². The minimum Gasteiger partial charge on any atom is -0.256 e. The van der Waals surface area contributed by atoms with E-state index in [0.717, 1.165) is 24.1 Å². The predicted octanol–water partition coefficient (Wildman–Crippen LogP) is 4.94. The van der Waals surface area contributed by atoms with Crippen LogP contribution in [0.4, 0.5) is 0 Å². The molecule has 2 nitrogen and oxygen atoms in total. The molecule has 0 bridgehead atoms. The number of aromatic nitrogens is 2. The largest absolute Gasteiger partial charge is 0.256 e. The fraction of sp³-hybridized carbons (Fsp3) is 0.250. The van der Waals surface area contributed by atoms with Crippen LogP contribution in [0.2, 0.25) is 0 Å². The second kappa shape index (κ2) is 6.37. The Balaban J connectivity index is 1.76. The predicted molar refractivity (Wildman–Crippen MR) is 87.4 cm³/mol. The fourth-order valence-electron chi connectivity index (χ4n) is 2.09. The van der Waals surface area contributed by atoms with Gasteiger partial charge in [0, 0.05) is 27.6 Å². The van der Waals surface area contributed by atoms with Crippen molar-refractivity contribution in [3.8, 4) is 0 Å². The van der Waals surface area contributed by atoms with Crippen LogP contribution in [-0.4, -0.2) is 9.97 Å². The number of nitrogens with zero attached hydrogens (tertiary/aromatic N) is 2. The minimum atomic E-state index is 0.925. The minimum absolute atomic E-state index is 0.925. The highest BCUT2D eigenvalue weighted by atomic mass is 32.2. The van der Waals surface area contributed by atoms with Crippen molar-refractivity contribution in [1.82, 2.24) is 9.97 Å². The Hall–Kier alpha value is -1.39. The summed E-state index contributed by atoms with van der Waals surface area (Å²) in [6, 6.07) is 10.4. The first-order valence-corrected chi connectivity index (χ1v) is 8.63. The molecule has 3 rings (SSSR count). The van der Waals surface area contributed by atoms with Crippen LogP contribution in [0.1, 0.15) is 24.0 Å². The Morgan fingerprint density at radius 3 is 3.00 bits per heavy atom. The number of rotatable bonds is 5. The van der Waals surface area contributed by atoms with E-state index in [4.69, 9.17) is 0 Å². The molecule has 2 aromatic heterocycles. The molecule has 4 heteroatoms. The topological polar surface area (TPSA) is 25.8 Å². The number of benzene rings is 1. The molecule has 0 N–H and O–H groups in total. The molecular weight excluding hydrogens is 284 g/mol. The van der Waals surface area contributed by atoms with Crippen LogP contribution in [0.5, 0.6) is 0 Å². The van der Waals surface area contributed by atoms with Gasteiger partial charge in [-0.15, -0.1) is 23.1 Å². The first-order chi connectivity index (χ1) is 9.86. The summed E-state index contributed by atoms with van der Waals surface area (Å²) in [5.41, 5.74) is 2.24. The Morgan fingerprint density at radius 1 is 1.20 bits per heavy atom. The first kappa shape index (κ1) is 13.6. The van der Waals surface area contributed by atoms with Gasteiger partial charge in [0.15, 0.2) is 0 Å². The molecule has 0 saturated carbocycles. The summed E-state index contributed by atoms with van der Waals surface area (Å²) in [6.07, 6.45) is 4.14. The number of pyridine rings is 1. The van der Waals surface area contributed by atoms with Gasteiger partial charge in [-0.2, -0.15) is 0 Å². The zero-order valence-corrected chi connectivity index (χ0v) is 13.0. The second-order valence-electron chi connectivity index (χ2n) is 4.60. The quantitative estimate of drug-likeness (QED) is 0.624. The van der Waals surface area contributed by atoms with Crippen molar-refractivity contribution < 1.29 is 0 Å². The third-order valence-corrected chi connectivity index (χ3v) is 5.11. The summed E-state index contributed by atoms with van der Waals surface area (Å²) in [7, 11) is 0. The van der Waals surface area contributed by atoms with Gasteiger partial charge in [0.2, 0.25) is 0 Å². The summed E-state index contributed by atoms with van der Waals surface area (Å²) >= 11 is 3.61. The lowest BCUT2D eigenvalue weighted by Crippen LogP contribution is -1.86. The maximum absolute atomic E-state index is 4.68. The Morgan fingerprint density at radius 2 is 2.10 bits per heavy atom. The third kappa shape index (κ3) is 3.02. The van der Waals surface area contributed by atoms with Crippen LogP contribution < -0.4 is 0 Å². The van der Waals surface area contributed by atoms with Crippen molar-refractivity contribution >= 4 is 34.0 Å². The van der Waals surface area contributed by atoms with Crippen molar-refractivity contribution in [3.05, 3.63) is 52.6 Å². The molecule has 0 spiro atoms.